The summed E-state index contributed by atoms with van der Waals surface area (Å²) in [5.74, 6) is 0.484. The van der Waals surface area contributed by atoms with E-state index in [1.165, 1.54) is 0 Å². The molecule has 0 saturated carbocycles. The number of benzene rings is 1. The summed E-state index contributed by atoms with van der Waals surface area (Å²) in [6, 6.07) is 6.01. The highest BCUT2D eigenvalue weighted by atomic mass is 79.9. The van der Waals surface area contributed by atoms with Crippen molar-refractivity contribution in [3.05, 3.63) is 28.2 Å². The molecule has 0 aliphatic heterocycles. The number of aliphatic hydroxyl groups is 1. The van der Waals surface area contributed by atoms with E-state index >= 15 is 0 Å². The molecular weight excluding hydrogens is 398 g/mol. The van der Waals surface area contributed by atoms with Gasteiger partial charge in [0.1, 0.15) is 18.5 Å². The van der Waals surface area contributed by atoms with Crippen molar-refractivity contribution in [3.63, 3.8) is 0 Å². The van der Waals surface area contributed by atoms with E-state index in [1.54, 1.807) is 6.92 Å². The third kappa shape index (κ3) is 9.47. The van der Waals surface area contributed by atoms with Crippen molar-refractivity contribution >= 4 is 34.3 Å². The zero-order valence-electron chi connectivity index (χ0n) is 14.4. The fourth-order valence-corrected chi connectivity index (χ4v) is 2.45. The zero-order chi connectivity index (χ0) is 17.2. The number of ether oxygens (including phenoxy) is 2. The maximum Gasteiger partial charge on any atom is 0.306 e. The van der Waals surface area contributed by atoms with Gasteiger partial charge in [-0.25, -0.2) is 0 Å². The first-order valence-electron chi connectivity index (χ1n) is 7.90. The largest absolute Gasteiger partial charge is 0.490 e. The summed E-state index contributed by atoms with van der Waals surface area (Å²) in [6.45, 7) is 6.97. The van der Waals surface area contributed by atoms with Crippen LogP contribution in [0, 0.1) is 0 Å². The molecule has 0 heterocycles. The average Bonchev–Trinajstić information content (AvgIpc) is 2.50. The lowest BCUT2D eigenvalue weighted by Gasteiger charge is -2.16. The van der Waals surface area contributed by atoms with Gasteiger partial charge >= 0.3 is 5.97 Å². The summed E-state index contributed by atoms with van der Waals surface area (Å²) in [4.78, 5) is 11.4. The van der Waals surface area contributed by atoms with Crippen molar-refractivity contribution in [2.75, 3.05) is 19.8 Å². The smallest absolute Gasteiger partial charge is 0.306 e. The standard InChI is InChI=1S/C17H26BrNO4.ClH/c1-4-22-17(21)8-6-13-5-7-16(15(18)9-13)23-11-14(20)10-19-12(2)3;/h5,7,9,12,14,19-20H,4,6,8,10-11H2,1-3H3;1H. The topological polar surface area (TPSA) is 67.8 Å². The van der Waals surface area contributed by atoms with Crippen LogP contribution in [-0.4, -0.2) is 43.0 Å². The molecule has 2 N–H and O–H groups in total. The van der Waals surface area contributed by atoms with Crippen molar-refractivity contribution in [3.8, 4) is 5.75 Å². The number of hydrogen-bond acceptors (Lipinski definition) is 5. The fraction of sp³-hybridized carbons (Fsp3) is 0.588. The SMILES string of the molecule is CCOC(=O)CCc1ccc(OCC(O)CNC(C)C)c(Br)c1.Cl. The summed E-state index contributed by atoms with van der Waals surface area (Å²) >= 11 is 3.46. The maximum atomic E-state index is 11.4. The predicted molar refractivity (Wildman–Crippen MR) is 101 cm³/mol. The number of carbonyl (C=O) groups excluding carboxylic acids is 1. The van der Waals surface area contributed by atoms with Crippen LogP contribution in [0.2, 0.25) is 0 Å². The number of halogens is 2. The fourth-order valence-electron chi connectivity index (χ4n) is 1.91. The van der Waals surface area contributed by atoms with Gasteiger partial charge in [-0.1, -0.05) is 19.9 Å². The van der Waals surface area contributed by atoms with Gasteiger partial charge in [0.25, 0.3) is 0 Å². The molecule has 0 amide bonds. The third-order valence-electron chi connectivity index (χ3n) is 3.11. The van der Waals surface area contributed by atoms with E-state index in [9.17, 15) is 9.90 Å². The van der Waals surface area contributed by atoms with Crippen LogP contribution >= 0.6 is 28.3 Å². The molecule has 1 atom stereocenters. The van der Waals surface area contributed by atoms with E-state index in [0.29, 0.717) is 37.8 Å². The number of hydrogen-bond donors (Lipinski definition) is 2. The van der Waals surface area contributed by atoms with Crippen molar-refractivity contribution in [2.24, 2.45) is 0 Å². The Kier molecular flexibility index (Phi) is 12.1. The Labute approximate surface area is 158 Å². The lowest BCUT2D eigenvalue weighted by molar-refractivity contribution is -0.143. The van der Waals surface area contributed by atoms with Crippen molar-refractivity contribution < 1.29 is 19.4 Å². The average molecular weight is 425 g/mol. The molecule has 0 aliphatic carbocycles. The predicted octanol–water partition coefficient (Wildman–Crippen LogP) is 3.10. The highest BCUT2D eigenvalue weighted by molar-refractivity contribution is 9.10. The highest BCUT2D eigenvalue weighted by Crippen LogP contribution is 2.26. The molecule has 5 nitrogen and oxygen atoms in total. The van der Waals surface area contributed by atoms with Gasteiger partial charge < -0.3 is 19.9 Å². The van der Waals surface area contributed by atoms with Gasteiger partial charge in [0, 0.05) is 19.0 Å². The summed E-state index contributed by atoms with van der Waals surface area (Å²) in [7, 11) is 0. The third-order valence-corrected chi connectivity index (χ3v) is 3.73. The maximum absolute atomic E-state index is 11.4. The Bertz CT molecular complexity index is 499. The van der Waals surface area contributed by atoms with E-state index in [-0.39, 0.29) is 25.0 Å². The molecule has 138 valence electrons. The second-order valence-corrected chi connectivity index (χ2v) is 6.45. The Morgan fingerprint density at radius 3 is 2.67 bits per heavy atom. The zero-order valence-corrected chi connectivity index (χ0v) is 16.8. The number of esters is 1. The normalized spacial score (nSPS) is 11.8. The molecule has 0 radical (unpaired) electrons. The Hall–Kier alpha value is -0.820. The first kappa shape index (κ1) is 23.2. The second-order valence-electron chi connectivity index (χ2n) is 5.60. The molecule has 0 spiro atoms. The molecular formula is C17H27BrClNO4. The second kappa shape index (κ2) is 12.5. The molecule has 0 aromatic heterocycles. The summed E-state index contributed by atoms with van der Waals surface area (Å²) in [5.41, 5.74) is 1.03. The first-order valence-corrected chi connectivity index (χ1v) is 8.70. The summed E-state index contributed by atoms with van der Waals surface area (Å²) in [6.07, 6.45) is 0.423. The van der Waals surface area contributed by atoms with E-state index < -0.39 is 6.10 Å². The Balaban J connectivity index is 0.00000529. The number of nitrogens with one attached hydrogen (secondary N) is 1. The van der Waals surface area contributed by atoms with Crippen LogP contribution in [0.4, 0.5) is 0 Å². The molecule has 0 bridgehead atoms. The van der Waals surface area contributed by atoms with Crippen molar-refractivity contribution in [2.45, 2.75) is 45.8 Å². The minimum atomic E-state index is -0.562. The number of carbonyl (C=O) groups is 1. The van der Waals surface area contributed by atoms with Crippen molar-refractivity contribution in [1.82, 2.24) is 5.32 Å². The monoisotopic (exact) mass is 423 g/mol. The minimum Gasteiger partial charge on any atom is -0.490 e. The summed E-state index contributed by atoms with van der Waals surface area (Å²) < 4.78 is 11.3. The van der Waals surface area contributed by atoms with E-state index in [0.717, 1.165) is 10.0 Å². The van der Waals surface area contributed by atoms with Crippen LogP contribution in [0.25, 0.3) is 0 Å². The quantitative estimate of drug-likeness (QED) is 0.565. The number of aliphatic hydroxyl groups excluding tert-OH is 1. The number of rotatable bonds is 10. The van der Waals surface area contributed by atoms with E-state index in [2.05, 4.69) is 21.2 Å². The highest BCUT2D eigenvalue weighted by Gasteiger charge is 2.09. The van der Waals surface area contributed by atoms with Gasteiger partial charge in [-0.3, -0.25) is 4.79 Å². The van der Waals surface area contributed by atoms with Crippen LogP contribution < -0.4 is 10.1 Å². The molecule has 1 rings (SSSR count). The molecule has 1 unspecified atom stereocenters. The molecule has 1 aromatic rings. The van der Waals surface area contributed by atoms with Crippen molar-refractivity contribution in [1.29, 1.82) is 0 Å². The summed E-state index contributed by atoms with van der Waals surface area (Å²) in [5, 5.41) is 13.0. The number of aryl methyl sites for hydroxylation is 1. The van der Waals surface area contributed by atoms with E-state index in [4.69, 9.17) is 9.47 Å². The van der Waals surface area contributed by atoms with Gasteiger partial charge in [-0.2, -0.15) is 0 Å². The van der Waals surface area contributed by atoms with Crippen LogP contribution in [0.1, 0.15) is 32.8 Å². The van der Waals surface area contributed by atoms with Gasteiger partial charge in [0.05, 0.1) is 11.1 Å². The molecule has 1 aromatic carbocycles. The Morgan fingerprint density at radius 1 is 1.38 bits per heavy atom. The molecule has 0 aliphatic rings. The van der Waals surface area contributed by atoms with Gasteiger partial charge in [0.15, 0.2) is 0 Å². The van der Waals surface area contributed by atoms with Crippen LogP contribution in [0.15, 0.2) is 22.7 Å². The molecule has 0 fully saturated rings. The van der Waals surface area contributed by atoms with Crippen LogP contribution in [0.3, 0.4) is 0 Å². The lowest BCUT2D eigenvalue weighted by Crippen LogP contribution is -2.35. The van der Waals surface area contributed by atoms with Gasteiger partial charge in [-0.15, -0.1) is 12.4 Å². The molecule has 24 heavy (non-hydrogen) atoms. The first-order chi connectivity index (χ1) is 10.9. The van der Waals surface area contributed by atoms with Crippen LogP contribution in [-0.2, 0) is 16.0 Å². The lowest BCUT2D eigenvalue weighted by atomic mass is 10.1. The minimum absolute atomic E-state index is 0. The van der Waals surface area contributed by atoms with Gasteiger partial charge in [0.2, 0.25) is 0 Å². The van der Waals surface area contributed by atoms with Crippen LogP contribution in [0.5, 0.6) is 5.75 Å². The molecule has 7 heteroatoms. The van der Waals surface area contributed by atoms with E-state index in [1.807, 2.05) is 32.0 Å². The van der Waals surface area contributed by atoms with Gasteiger partial charge in [-0.05, 0) is 47.0 Å². The Morgan fingerprint density at radius 2 is 2.08 bits per heavy atom. The molecule has 0 saturated heterocycles.